The van der Waals surface area contributed by atoms with Crippen LogP contribution in [0.3, 0.4) is 0 Å². The van der Waals surface area contributed by atoms with Gasteiger partial charge in [-0.3, -0.25) is 0 Å². The number of hydrogen-bond acceptors (Lipinski definition) is 3. The highest BCUT2D eigenvalue weighted by Gasteiger charge is 2.24. The van der Waals surface area contributed by atoms with Crippen molar-refractivity contribution < 1.29 is 14.3 Å². The molecule has 2 aromatic rings. The zero-order chi connectivity index (χ0) is 12.3. The summed E-state index contributed by atoms with van der Waals surface area (Å²) in [6, 6.07) is 9.33. The second kappa shape index (κ2) is 4.63. The maximum Gasteiger partial charge on any atom is 0.119 e. The van der Waals surface area contributed by atoms with Crippen LogP contribution in [-0.2, 0) is 12.0 Å². The average Bonchev–Trinajstić information content (AvgIpc) is 2.81. The van der Waals surface area contributed by atoms with Gasteiger partial charge in [0, 0.05) is 6.42 Å². The maximum absolute atomic E-state index is 10.5. The molecule has 17 heavy (non-hydrogen) atoms. The van der Waals surface area contributed by atoms with Crippen LogP contribution in [0.15, 0.2) is 47.3 Å². The van der Waals surface area contributed by atoms with Gasteiger partial charge in [-0.05, 0) is 36.2 Å². The monoisotopic (exact) mass is 232 g/mol. The second-order valence-electron chi connectivity index (χ2n) is 4.31. The summed E-state index contributed by atoms with van der Waals surface area (Å²) in [5, 5.41) is 10.5. The molecule has 0 aliphatic heterocycles. The highest BCUT2D eigenvalue weighted by molar-refractivity contribution is 5.33. The molecule has 0 aliphatic rings. The molecule has 1 aromatic heterocycles. The molecule has 1 aromatic carbocycles. The summed E-state index contributed by atoms with van der Waals surface area (Å²) in [7, 11) is 1.61. The Bertz CT molecular complexity index is 472. The predicted molar refractivity (Wildman–Crippen MR) is 65.0 cm³/mol. The van der Waals surface area contributed by atoms with Crippen LogP contribution in [0.2, 0.25) is 0 Å². The van der Waals surface area contributed by atoms with Crippen LogP contribution < -0.4 is 4.74 Å². The standard InChI is InChI=1S/C14H16O3/c1-14(15,9-11-6-7-17-10-11)12-4-3-5-13(8-12)16-2/h3-8,10,15H,9H2,1-2H3. The molecule has 0 saturated carbocycles. The number of furan rings is 1. The van der Waals surface area contributed by atoms with E-state index in [1.54, 1.807) is 26.6 Å². The van der Waals surface area contributed by atoms with E-state index < -0.39 is 5.60 Å². The summed E-state index contributed by atoms with van der Waals surface area (Å²) in [6.07, 6.45) is 3.77. The molecule has 1 N–H and O–H groups in total. The zero-order valence-electron chi connectivity index (χ0n) is 10.0. The topological polar surface area (TPSA) is 42.6 Å². The first-order chi connectivity index (χ1) is 8.12. The van der Waals surface area contributed by atoms with E-state index in [0.29, 0.717) is 6.42 Å². The Balaban J connectivity index is 2.24. The Labute approximate surface area is 101 Å². The van der Waals surface area contributed by atoms with E-state index in [1.165, 1.54) is 0 Å². The Kier molecular flexibility index (Phi) is 3.20. The van der Waals surface area contributed by atoms with Gasteiger partial charge in [0.05, 0.1) is 25.2 Å². The molecule has 0 aliphatic carbocycles. The van der Waals surface area contributed by atoms with Crippen LogP contribution in [0, 0.1) is 0 Å². The number of rotatable bonds is 4. The quantitative estimate of drug-likeness (QED) is 0.881. The Morgan fingerprint density at radius 1 is 1.35 bits per heavy atom. The van der Waals surface area contributed by atoms with Crippen molar-refractivity contribution in [1.29, 1.82) is 0 Å². The van der Waals surface area contributed by atoms with Crippen LogP contribution in [-0.4, -0.2) is 12.2 Å². The van der Waals surface area contributed by atoms with Gasteiger partial charge in [0.15, 0.2) is 0 Å². The van der Waals surface area contributed by atoms with Gasteiger partial charge in [0.1, 0.15) is 5.75 Å². The lowest BCUT2D eigenvalue weighted by Crippen LogP contribution is -2.23. The Morgan fingerprint density at radius 2 is 2.18 bits per heavy atom. The molecular weight excluding hydrogens is 216 g/mol. The van der Waals surface area contributed by atoms with Crippen molar-refractivity contribution in [3.63, 3.8) is 0 Å². The average molecular weight is 232 g/mol. The summed E-state index contributed by atoms with van der Waals surface area (Å²) in [6.45, 7) is 1.79. The third-order valence-corrected chi connectivity index (χ3v) is 2.82. The molecule has 0 saturated heterocycles. The fraction of sp³-hybridized carbons (Fsp3) is 0.286. The van der Waals surface area contributed by atoms with Gasteiger partial charge in [-0.1, -0.05) is 12.1 Å². The van der Waals surface area contributed by atoms with Crippen LogP contribution in [0.5, 0.6) is 5.75 Å². The van der Waals surface area contributed by atoms with Gasteiger partial charge < -0.3 is 14.3 Å². The molecule has 0 radical (unpaired) electrons. The third kappa shape index (κ3) is 2.68. The molecule has 0 amide bonds. The third-order valence-electron chi connectivity index (χ3n) is 2.82. The van der Waals surface area contributed by atoms with Gasteiger partial charge >= 0.3 is 0 Å². The van der Waals surface area contributed by atoms with Crippen LogP contribution in [0.4, 0.5) is 0 Å². The van der Waals surface area contributed by atoms with E-state index in [2.05, 4.69) is 0 Å². The molecule has 1 atom stereocenters. The molecule has 1 unspecified atom stereocenters. The minimum absolute atomic E-state index is 0.511. The van der Waals surface area contributed by atoms with Crippen LogP contribution >= 0.6 is 0 Å². The van der Waals surface area contributed by atoms with Gasteiger partial charge in [-0.25, -0.2) is 0 Å². The van der Waals surface area contributed by atoms with Crippen molar-refractivity contribution in [1.82, 2.24) is 0 Å². The Morgan fingerprint density at radius 3 is 2.82 bits per heavy atom. The summed E-state index contributed by atoms with van der Waals surface area (Å²) in [4.78, 5) is 0. The van der Waals surface area contributed by atoms with Crippen molar-refractivity contribution in [3.8, 4) is 5.75 Å². The number of hydrogen-bond donors (Lipinski definition) is 1. The van der Waals surface area contributed by atoms with Crippen LogP contribution in [0.1, 0.15) is 18.1 Å². The molecule has 1 heterocycles. The largest absolute Gasteiger partial charge is 0.497 e. The summed E-state index contributed by atoms with van der Waals surface area (Å²) in [5.41, 5.74) is 0.870. The number of methoxy groups -OCH3 is 1. The summed E-state index contributed by atoms with van der Waals surface area (Å²) >= 11 is 0. The van der Waals surface area contributed by atoms with Crippen LogP contribution in [0.25, 0.3) is 0 Å². The minimum Gasteiger partial charge on any atom is -0.497 e. The first kappa shape index (κ1) is 11.7. The zero-order valence-corrected chi connectivity index (χ0v) is 10.0. The van der Waals surface area contributed by atoms with E-state index in [-0.39, 0.29) is 0 Å². The molecule has 3 heteroatoms. The summed E-state index contributed by atoms with van der Waals surface area (Å²) < 4.78 is 10.2. The van der Waals surface area contributed by atoms with Crippen molar-refractivity contribution in [3.05, 3.63) is 54.0 Å². The van der Waals surface area contributed by atoms with Crippen molar-refractivity contribution in [2.45, 2.75) is 18.9 Å². The molecular formula is C14H16O3. The lowest BCUT2D eigenvalue weighted by atomic mass is 9.90. The number of benzene rings is 1. The molecule has 0 bridgehead atoms. The molecule has 3 nitrogen and oxygen atoms in total. The Hall–Kier alpha value is -1.74. The van der Waals surface area contributed by atoms with E-state index in [4.69, 9.17) is 9.15 Å². The molecule has 0 spiro atoms. The molecule has 90 valence electrons. The van der Waals surface area contributed by atoms with E-state index in [9.17, 15) is 5.11 Å². The lowest BCUT2D eigenvalue weighted by molar-refractivity contribution is 0.0572. The normalized spacial score (nSPS) is 14.3. The first-order valence-electron chi connectivity index (χ1n) is 5.50. The fourth-order valence-corrected chi connectivity index (χ4v) is 1.85. The lowest BCUT2D eigenvalue weighted by Gasteiger charge is -2.23. The predicted octanol–water partition coefficient (Wildman–Crippen LogP) is 2.74. The maximum atomic E-state index is 10.5. The van der Waals surface area contributed by atoms with Crippen molar-refractivity contribution in [2.24, 2.45) is 0 Å². The fourth-order valence-electron chi connectivity index (χ4n) is 1.85. The SMILES string of the molecule is COc1cccc(C(C)(O)Cc2ccoc2)c1. The van der Waals surface area contributed by atoms with Gasteiger partial charge in [-0.2, -0.15) is 0 Å². The van der Waals surface area contributed by atoms with E-state index >= 15 is 0 Å². The van der Waals surface area contributed by atoms with E-state index in [0.717, 1.165) is 16.9 Å². The highest BCUT2D eigenvalue weighted by atomic mass is 16.5. The van der Waals surface area contributed by atoms with Crippen molar-refractivity contribution >= 4 is 0 Å². The number of aliphatic hydroxyl groups is 1. The molecule has 2 rings (SSSR count). The van der Waals surface area contributed by atoms with Gasteiger partial charge in [0.25, 0.3) is 0 Å². The van der Waals surface area contributed by atoms with Gasteiger partial charge in [-0.15, -0.1) is 0 Å². The summed E-state index contributed by atoms with van der Waals surface area (Å²) in [5.74, 6) is 0.745. The van der Waals surface area contributed by atoms with E-state index in [1.807, 2.05) is 30.3 Å². The second-order valence-corrected chi connectivity index (χ2v) is 4.31. The number of ether oxygens (including phenoxy) is 1. The smallest absolute Gasteiger partial charge is 0.119 e. The first-order valence-corrected chi connectivity index (χ1v) is 5.50. The highest BCUT2D eigenvalue weighted by Crippen LogP contribution is 2.28. The van der Waals surface area contributed by atoms with Crippen molar-refractivity contribution in [2.75, 3.05) is 7.11 Å². The minimum atomic E-state index is -0.932. The van der Waals surface area contributed by atoms with Gasteiger partial charge in [0.2, 0.25) is 0 Å². The molecule has 0 fully saturated rings.